The summed E-state index contributed by atoms with van der Waals surface area (Å²) in [6, 6.07) is 2.12. The van der Waals surface area contributed by atoms with Crippen LogP contribution in [-0.2, 0) is 0 Å². The zero-order valence-corrected chi connectivity index (χ0v) is 11.4. The van der Waals surface area contributed by atoms with Gasteiger partial charge in [-0.3, -0.25) is 4.57 Å². The van der Waals surface area contributed by atoms with Gasteiger partial charge in [0.15, 0.2) is 5.65 Å². The summed E-state index contributed by atoms with van der Waals surface area (Å²) in [5.74, 6) is 1.51. The molecule has 2 aromatic heterocycles. The van der Waals surface area contributed by atoms with E-state index in [0.29, 0.717) is 17.0 Å². The van der Waals surface area contributed by atoms with Crippen LogP contribution in [0.3, 0.4) is 0 Å². The largest absolute Gasteiger partial charge is 0.369 e. The third-order valence-corrected chi connectivity index (χ3v) is 3.64. The molecule has 2 aromatic rings. The molecule has 0 fully saturated rings. The third kappa shape index (κ3) is 2.35. The minimum Gasteiger partial charge on any atom is -0.369 e. The standard InChI is InChI=1S/C11H15ClN4S/c1-3-8(6-17-2)16-10-9(15-11(16)13)4-7(12)5-14-10/h4-5,8H,3,6H2,1-2H3,(H2,13,15). The normalized spacial score (nSPS) is 13.1. The minimum absolute atomic E-state index is 0.323. The van der Waals surface area contributed by atoms with Crippen molar-refractivity contribution in [1.29, 1.82) is 0 Å². The van der Waals surface area contributed by atoms with Crippen molar-refractivity contribution in [2.24, 2.45) is 0 Å². The molecule has 17 heavy (non-hydrogen) atoms. The summed E-state index contributed by atoms with van der Waals surface area (Å²) in [6.07, 6.45) is 4.72. The quantitative estimate of drug-likeness (QED) is 0.928. The first-order valence-corrected chi connectivity index (χ1v) is 7.22. The second-order valence-corrected chi connectivity index (χ2v) is 5.20. The fraction of sp³-hybridized carbons (Fsp3) is 0.455. The Balaban J connectivity index is 2.55. The molecule has 1 unspecified atom stereocenters. The van der Waals surface area contributed by atoms with Crippen molar-refractivity contribution in [2.45, 2.75) is 19.4 Å². The van der Waals surface area contributed by atoms with Gasteiger partial charge in [0.1, 0.15) is 5.52 Å². The van der Waals surface area contributed by atoms with E-state index in [1.165, 1.54) is 0 Å². The van der Waals surface area contributed by atoms with Gasteiger partial charge in [0.25, 0.3) is 0 Å². The van der Waals surface area contributed by atoms with Crippen LogP contribution in [0.25, 0.3) is 11.2 Å². The molecular weight excluding hydrogens is 256 g/mol. The Hall–Kier alpha value is -0.940. The lowest BCUT2D eigenvalue weighted by molar-refractivity contribution is 0.557. The lowest BCUT2D eigenvalue weighted by Crippen LogP contribution is -2.13. The maximum atomic E-state index is 5.97. The molecule has 2 heterocycles. The van der Waals surface area contributed by atoms with Crippen molar-refractivity contribution in [2.75, 3.05) is 17.7 Å². The summed E-state index contributed by atoms with van der Waals surface area (Å²) < 4.78 is 2.00. The molecular formula is C11H15ClN4S. The highest BCUT2D eigenvalue weighted by Gasteiger charge is 2.17. The highest BCUT2D eigenvalue weighted by Crippen LogP contribution is 2.26. The average molecular weight is 271 g/mol. The van der Waals surface area contributed by atoms with Crippen LogP contribution in [0.5, 0.6) is 0 Å². The number of nitrogens with zero attached hydrogens (tertiary/aromatic N) is 3. The van der Waals surface area contributed by atoms with Crippen LogP contribution < -0.4 is 5.73 Å². The van der Waals surface area contributed by atoms with E-state index in [9.17, 15) is 0 Å². The summed E-state index contributed by atoms with van der Waals surface area (Å²) >= 11 is 7.69. The van der Waals surface area contributed by atoms with E-state index in [2.05, 4.69) is 23.1 Å². The van der Waals surface area contributed by atoms with Gasteiger partial charge in [0.05, 0.1) is 5.02 Å². The van der Waals surface area contributed by atoms with E-state index in [1.54, 1.807) is 24.0 Å². The smallest absolute Gasteiger partial charge is 0.202 e. The highest BCUT2D eigenvalue weighted by molar-refractivity contribution is 7.98. The van der Waals surface area contributed by atoms with E-state index in [1.807, 2.05) is 4.57 Å². The lowest BCUT2D eigenvalue weighted by Gasteiger charge is -2.17. The topological polar surface area (TPSA) is 56.7 Å². The number of imidazole rings is 1. The number of hydrogen-bond donors (Lipinski definition) is 1. The first-order chi connectivity index (χ1) is 8.17. The van der Waals surface area contributed by atoms with Crippen LogP contribution in [0.4, 0.5) is 5.95 Å². The number of nitrogen functional groups attached to an aromatic ring is 1. The van der Waals surface area contributed by atoms with Gasteiger partial charge in [-0.1, -0.05) is 18.5 Å². The molecule has 0 aliphatic carbocycles. The van der Waals surface area contributed by atoms with E-state index < -0.39 is 0 Å². The van der Waals surface area contributed by atoms with Crippen LogP contribution in [0.2, 0.25) is 5.02 Å². The summed E-state index contributed by atoms with van der Waals surface area (Å²) in [4.78, 5) is 8.64. The zero-order valence-electron chi connectivity index (χ0n) is 9.85. The molecule has 4 nitrogen and oxygen atoms in total. The minimum atomic E-state index is 0.323. The number of pyridine rings is 1. The van der Waals surface area contributed by atoms with Crippen molar-refractivity contribution >= 4 is 40.5 Å². The summed E-state index contributed by atoms with van der Waals surface area (Å²) in [6.45, 7) is 2.14. The van der Waals surface area contributed by atoms with Gasteiger partial charge in [-0.05, 0) is 18.7 Å². The molecule has 2 rings (SSSR count). The molecule has 0 saturated carbocycles. The molecule has 0 spiro atoms. The van der Waals surface area contributed by atoms with E-state index in [-0.39, 0.29) is 0 Å². The molecule has 0 aliphatic rings. The first-order valence-electron chi connectivity index (χ1n) is 5.45. The number of nitrogens with two attached hydrogens (primary N) is 1. The van der Waals surface area contributed by atoms with Crippen LogP contribution in [0.15, 0.2) is 12.3 Å². The van der Waals surface area contributed by atoms with Gasteiger partial charge in [-0.15, -0.1) is 0 Å². The van der Waals surface area contributed by atoms with Crippen molar-refractivity contribution < 1.29 is 0 Å². The monoisotopic (exact) mass is 270 g/mol. The molecule has 1 atom stereocenters. The molecule has 92 valence electrons. The van der Waals surface area contributed by atoms with E-state index in [4.69, 9.17) is 17.3 Å². The fourth-order valence-corrected chi connectivity index (χ4v) is 2.82. The first kappa shape index (κ1) is 12.5. The Morgan fingerprint density at radius 2 is 2.35 bits per heavy atom. The molecule has 0 amide bonds. The van der Waals surface area contributed by atoms with E-state index >= 15 is 0 Å². The Labute approximate surface area is 110 Å². The molecule has 0 aromatic carbocycles. The Bertz CT molecular complexity index is 525. The van der Waals surface area contributed by atoms with Crippen LogP contribution in [0, 0.1) is 0 Å². The van der Waals surface area contributed by atoms with Crippen molar-refractivity contribution in [3.63, 3.8) is 0 Å². The Morgan fingerprint density at radius 1 is 1.59 bits per heavy atom. The van der Waals surface area contributed by atoms with E-state index in [0.717, 1.165) is 23.3 Å². The maximum absolute atomic E-state index is 5.97. The Kier molecular flexibility index (Phi) is 3.79. The molecule has 0 bridgehead atoms. The van der Waals surface area contributed by atoms with Crippen LogP contribution in [0.1, 0.15) is 19.4 Å². The summed E-state index contributed by atoms with van der Waals surface area (Å²) in [5, 5.41) is 0.583. The summed E-state index contributed by atoms with van der Waals surface area (Å²) in [7, 11) is 0. The van der Waals surface area contributed by atoms with Crippen molar-refractivity contribution in [3.05, 3.63) is 17.3 Å². The number of thioether (sulfide) groups is 1. The van der Waals surface area contributed by atoms with Crippen LogP contribution >= 0.6 is 23.4 Å². The second-order valence-electron chi connectivity index (χ2n) is 3.85. The number of fused-ring (bicyclic) bond motifs is 1. The second kappa shape index (κ2) is 5.14. The average Bonchev–Trinajstić information content (AvgIpc) is 2.61. The predicted molar refractivity (Wildman–Crippen MR) is 74.7 cm³/mol. The van der Waals surface area contributed by atoms with Crippen molar-refractivity contribution in [1.82, 2.24) is 14.5 Å². The molecule has 0 aliphatic heterocycles. The third-order valence-electron chi connectivity index (χ3n) is 2.72. The van der Waals surface area contributed by atoms with Gasteiger partial charge in [0.2, 0.25) is 5.95 Å². The summed E-state index contributed by atoms with van der Waals surface area (Å²) in [5.41, 5.74) is 7.54. The molecule has 0 saturated heterocycles. The SMILES string of the molecule is CCC(CSC)n1c(N)nc2cc(Cl)cnc21. The molecule has 2 N–H and O–H groups in total. The van der Waals surface area contributed by atoms with Crippen molar-refractivity contribution in [3.8, 4) is 0 Å². The number of rotatable bonds is 4. The van der Waals surface area contributed by atoms with Gasteiger partial charge in [-0.25, -0.2) is 9.97 Å². The Morgan fingerprint density at radius 3 is 3.00 bits per heavy atom. The molecule has 0 radical (unpaired) electrons. The predicted octanol–water partition coefficient (Wildman–Crippen LogP) is 2.98. The maximum Gasteiger partial charge on any atom is 0.202 e. The number of halogens is 1. The number of hydrogen-bond acceptors (Lipinski definition) is 4. The van der Waals surface area contributed by atoms with Crippen LogP contribution in [-0.4, -0.2) is 26.5 Å². The fourth-order valence-electron chi connectivity index (χ4n) is 1.90. The molecule has 6 heteroatoms. The van der Waals surface area contributed by atoms with Gasteiger partial charge >= 0.3 is 0 Å². The van der Waals surface area contributed by atoms with Gasteiger partial charge < -0.3 is 5.73 Å². The number of aromatic nitrogens is 3. The lowest BCUT2D eigenvalue weighted by atomic mass is 10.2. The zero-order chi connectivity index (χ0) is 12.4. The van der Waals surface area contributed by atoms with Gasteiger partial charge in [0, 0.05) is 18.0 Å². The highest BCUT2D eigenvalue weighted by atomic mass is 35.5. The van der Waals surface area contributed by atoms with Gasteiger partial charge in [-0.2, -0.15) is 11.8 Å². The number of anilines is 1.